The van der Waals surface area contributed by atoms with Crippen LogP contribution in [0.3, 0.4) is 0 Å². The van der Waals surface area contributed by atoms with Gasteiger partial charge in [-0.05, 0) is 25.7 Å². The molecule has 2 atom stereocenters. The molecule has 0 bridgehead atoms. The van der Waals surface area contributed by atoms with Gasteiger partial charge in [0.05, 0.1) is 12.1 Å². The predicted molar refractivity (Wildman–Crippen MR) is 58.8 cm³/mol. The van der Waals surface area contributed by atoms with Crippen LogP contribution in [0, 0.1) is 0 Å². The smallest absolute Gasteiger partial charge is 0.233 e. The lowest BCUT2D eigenvalue weighted by Crippen LogP contribution is -2.08. The van der Waals surface area contributed by atoms with Gasteiger partial charge in [0.25, 0.3) is 0 Å². The molecule has 16 heavy (non-hydrogen) atoms. The van der Waals surface area contributed by atoms with Crippen LogP contribution in [0.4, 0.5) is 0 Å². The molecule has 2 N–H and O–H groups in total. The lowest BCUT2D eigenvalue weighted by atomic mass is 10.1. The van der Waals surface area contributed by atoms with E-state index in [9.17, 15) is 0 Å². The van der Waals surface area contributed by atoms with Gasteiger partial charge in [-0.1, -0.05) is 6.92 Å². The fourth-order valence-corrected chi connectivity index (χ4v) is 1.85. The minimum Gasteiger partial charge on any atom is -0.424 e. The minimum atomic E-state index is -0.135. The quantitative estimate of drug-likeness (QED) is 0.823. The highest BCUT2D eigenvalue weighted by Crippen LogP contribution is 2.18. The van der Waals surface area contributed by atoms with E-state index in [4.69, 9.17) is 14.9 Å². The van der Waals surface area contributed by atoms with Gasteiger partial charge in [-0.3, -0.25) is 0 Å². The SMILES string of the molecule is CCC(N)c1nnc(CCC2CCCO2)o1. The van der Waals surface area contributed by atoms with Crippen LogP contribution in [0.2, 0.25) is 0 Å². The van der Waals surface area contributed by atoms with E-state index >= 15 is 0 Å². The van der Waals surface area contributed by atoms with Gasteiger partial charge in [-0.15, -0.1) is 10.2 Å². The van der Waals surface area contributed by atoms with Crippen molar-refractivity contribution in [2.75, 3.05) is 6.61 Å². The molecule has 90 valence electrons. The van der Waals surface area contributed by atoms with Crippen LogP contribution in [-0.4, -0.2) is 22.9 Å². The predicted octanol–water partition coefficient (Wildman–Crippen LogP) is 1.59. The van der Waals surface area contributed by atoms with Gasteiger partial charge >= 0.3 is 0 Å². The summed E-state index contributed by atoms with van der Waals surface area (Å²) in [6.07, 6.45) is 5.25. The molecule has 0 saturated carbocycles. The minimum absolute atomic E-state index is 0.135. The van der Waals surface area contributed by atoms with Crippen molar-refractivity contribution in [1.82, 2.24) is 10.2 Å². The molecule has 1 aromatic heterocycles. The molecule has 1 saturated heterocycles. The van der Waals surface area contributed by atoms with Gasteiger partial charge in [-0.2, -0.15) is 0 Å². The normalized spacial score (nSPS) is 22.5. The maximum absolute atomic E-state index is 5.80. The number of hydrogen-bond donors (Lipinski definition) is 1. The van der Waals surface area contributed by atoms with Crippen molar-refractivity contribution in [1.29, 1.82) is 0 Å². The molecule has 0 amide bonds. The number of aromatic nitrogens is 2. The highest BCUT2D eigenvalue weighted by atomic mass is 16.5. The number of nitrogens with zero attached hydrogens (tertiary/aromatic N) is 2. The van der Waals surface area contributed by atoms with Crippen molar-refractivity contribution in [3.05, 3.63) is 11.8 Å². The Bertz CT molecular complexity index is 321. The van der Waals surface area contributed by atoms with Crippen LogP contribution in [0.15, 0.2) is 4.42 Å². The van der Waals surface area contributed by atoms with E-state index in [0.29, 0.717) is 17.9 Å². The second kappa shape index (κ2) is 5.41. The molecular weight excluding hydrogens is 206 g/mol. The number of aryl methyl sites for hydroxylation is 1. The third-order valence-corrected chi connectivity index (χ3v) is 2.94. The van der Waals surface area contributed by atoms with Crippen molar-refractivity contribution in [3.8, 4) is 0 Å². The molecule has 1 aromatic rings. The number of hydrogen-bond acceptors (Lipinski definition) is 5. The first-order valence-electron chi connectivity index (χ1n) is 5.99. The van der Waals surface area contributed by atoms with Crippen molar-refractivity contribution in [2.24, 2.45) is 5.73 Å². The Kier molecular flexibility index (Phi) is 3.90. The molecule has 0 spiro atoms. The molecule has 2 unspecified atom stereocenters. The molecule has 5 heteroatoms. The van der Waals surface area contributed by atoms with Gasteiger partial charge in [0, 0.05) is 13.0 Å². The van der Waals surface area contributed by atoms with E-state index < -0.39 is 0 Å². The summed E-state index contributed by atoms with van der Waals surface area (Å²) in [6, 6.07) is -0.135. The fraction of sp³-hybridized carbons (Fsp3) is 0.818. The van der Waals surface area contributed by atoms with Gasteiger partial charge in [0.1, 0.15) is 0 Å². The van der Waals surface area contributed by atoms with Gasteiger partial charge < -0.3 is 14.9 Å². The molecule has 0 radical (unpaired) electrons. The average Bonchev–Trinajstić information content (AvgIpc) is 2.96. The summed E-state index contributed by atoms with van der Waals surface area (Å²) in [7, 11) is 0. The maximum Gasteiger partial charge on any atom is 0.233 e. The van der Waals surface area contributed by atoms with Crippen molar-refractivity contribution in [2.45, 2.75) is 51.2 Å². The van der Waals surface area contributed by atoms with Crippen LogP contribution in [0.5, 0.6) is 0 Å². The highest BCUT2D eigenvalue weighted by molar-refractivity contribution is 4.88. The molecule has 0 aliphatic carbocycles. The Morgan fingerprint density at radius 1 is 1.50 bits per heavy atom. The maximum atomic E-state index is 5.80. The van der Waals surface area contributed by atoms with Crippen LogP contribution in [0.1, 0.15) is 50.4 Å². The lowest BCUT2D eigenvalue weighted by molar-refractivity contribution is 0.103. The van der Waals surface area contributed by atoms with E-state index in [1.165, 1.54) is 6.42 Å². The summed E-state index contributed by atoms with van der Waals surface area (Å²) >= 11 is 0. The van der Waals surface area contributed by atoms with E-state index in [2.05, 4.69) is 10.2 Å². The first-order valence-corrected chi connectivity index (χ1v) is 5.99. The summed E-state index contributed by atoms with van der Waals surface area (Å²) in [4.78, 5) is 0. The monoisotopic (exact) mass is 225 g/mol. The molecule has 1 aliphatic heterocycles. The first kappa shape index (κ1) is 11.5. The van der Waals surface area contributed by atoms with Gasteiger partial charge in [0.2, 0.25) is 11.8 Å². The van der Waals surface area contributed by atoms with E-state index in [1.807, 2.05) is 6.92 Å². The number of rotatable bonds is 5. The Morgan fingerprint density at radius 2 is 2.38 bits per heavy atom. The standard InChI is InChI=1S/C11H19N3O2/c1-2-9(12)11-14-13-10(16-11)6-5-8-4-3-7-15-8/h8-9H,2-7,12H2,1H3. The second-order valence-electron chi connectivity index (χ2n) is 4.22. The second-order valence-corrected chi connectivity index (χ2v) is 4.22. The first-order chi connectivity index (χ1) is 7.79. The lowest BCUT2D eigenvalue weighted by Gasteiger charge is -2.06. The molecule has 1 aliphatic rings. The van der Waals surface area contributed by atoms with E-state index in [-0.39, 0.29) is 6.04 Å². The van der Waals surface area contributed by atoms with Crippen LogP contribution in [0.25, 0.3) is 0 Å². The number of ether oxygens (including phenoxy) is 1. The van der Waals surface area contributed by atoms with Crippen molar-refractivity contribution >= 4 is 0 Å². The fourth-order valence-electron chi connectivity index (χ4n) is 1.85. The summed E-state index contributed by atoms with van der Waals surface area (Å²) in [5, 5.41) is 7.94. The molecule has 0 aromatic carbocycles. The highest BCUT2D eigenvalue weighted by Gasteiger charge is 2.17. The van der Waals surface area contributed by atoms with Crippen molar-refractivity contribution in [3.63, 3.8) is 0 Å². The molecule has 2 rings (SSSR count). The van der Waals surface area contributed by atoms with E-state index in [0.717, 1.165) is 32.3 Å². The molecular formula is C11H19N3O2. The Morgan fingerprint density at radius 3 is 3.06 bits per heavy atom. The largest absolute Gasteiger partial charge is 0.424 e. The summed E-state index contributed by atoms with van der Waals surface area (Å²) in [6.45, 7) is 2.89. The van der Waals surface area contributed by atoms with Crippen LogP contribution < -0.4 is 5.73 Å². The summed E-state index contributed by atoms with van der Waals surface area (Å²) in [5.74, 6) is 1.22. The summed E-state index contributed by atoms with van der Waals surface area (Å²) in [5.41, 5.74) is 5.80. The third kappa shape index (κ3) is 2.80. The Labute approximate surface area is 95.4 Å². The van der Waals surface area contributed by atoms with Crippen molar-refractivity contribution < 1.29 is 9.15 Å². The van der Waals surface area contributed by atoms with Gasteiger partial charge in [0.15, 0.2) is 0 Å². The Hall–Kier alpha value is -0.940. The molecule has 2 heterocycles. The Balaban J connectivity index is 1.82. The molecule has 1 fully saturated rings. The topological polar surface area (TPSA) is 74.2 Å². The van der Waals surface area contributed by atoms with E-state index in [1.54, 1.807) is 0 Å². The van der Waals surface area contributed by atoms with Crippen LogP contribution >= 0.6 is 0 Å². The average molecular weight is 225 g/mol. The van der Waals surface area contributed by atoms with Crippen LogP contribution in [-0.2, 0) is 11.2 Å². The number of nitrogens with two attached hydrogens (primary N) is 1. The zero-order valence-corrected chi connectivity index (χ0v) is 9.69. The molecule has 5 nitrogen and oxygen atoms in total. The zero-order chi connectivity index (χ0) is 11.4. The summed E-state index contributed by atoms with van der Waals surface area (Å²) < 4.78 is 11.0. The van der Waals surface area contributed by atoms with Gasteiger partial charge in [-0.25, -0.2) is 0 Å². The third-order valence-electron chi connectivity index (χ3n) is 2.94. The zero-order valence-electron chi connectivity index (χ0n) is 9.69.